The highest BCUT2D eigenvalue weighted by atomic mass is 15.1. The number of imidazole rings is 1. The van der Waals surface area contributed by atoms with Crippen LogP contribution in [0.2, 0.25) is 0 Å². The Morgan fingerprint density at radius 3 is 1.48 bits per heavy atom. The number of nitrogens with zero attached hydrogens (tertiary/aromatic N) is 1. The summed E-state index contributed by atoms with van der Waals surface area (Å²) in [7, 11) is 0. The van der Waals surface area contributed by atoms with E-state index in [-0.39, 0.29) is 0 Å². The highest BCUT2D eigenvalue weighted by molar-refractivity contribution is 5.14. The molecule has 0 spiro atoms. The van der Waals surface area contributed by atoms with Gasteiger partial charge in [-0.15, -0.1) is 0 Å². The molecular weight excluding hydrogens is 484 g/mol. The SMILES string of the molecule is CCCCCCCCCCCCCCCCCC[C@H](CCCCCCC)c1[nH]cc[n+]1CCCc1ccccc1. The summed E-state index contributed by atoms with van der Waals surface area (Å²) < 4.78 is 2.53. The lowest BCUT2D eigenvalue weighted by atomic mass is 9.93. The Kier molecular flexibility index (Phi) is 21.8. The zero-order valence-corrected chi connectivity index (χ0v) is 27.0. The molecule has 1 N–H and O–H groups in total. The molecule has 2 rings (SSSR count). The number of unbranched alkanes of at least 4 members (excludes halogenated alkanes) is 19. The second-order valence-corrected chi connectivity index (χ2v) is 12.6. The van der Waals surface area contributed by atoms with Crippen molar-refractivity contribution >= 4 is 0 Å². The van der Waals surface area contributed by atoms with E-state index in [0.717, 1.165) is 6.54 Å². The molecule has 1 heterocycles. The fourth-order valence-corrected chi connectivity index (χ4v) is 6.37. The first-order chi connectivity index (χ1) is 19.8. The van der Waals surface area contributed by atoms with Gasteiger partial charge in [0.2, 0.25) is 0 Å². The van der Waals surface area contributed by atoms with Crippen LogP contribution >= 0.6 is 0 Å². The van der Waals surface area contributed by atoms with Crippen LogP contribution in [0.4, 0.5) is 0 Å². The van der Waals surface area contributed by atoms with Gasteiger partial charge in [-0.05, 0) is 31.2 Å². The maximum atomic E-state index is 3.67. The number of nitrogens with one attached hydrogen (secondary N) is 1. The number of hydrogen-bond donors (Lipinski definition) is 1. The molecule has 2 heteroatoms. The average Bonchev–Trinajstić information content (AvgIpc) is 3.44. The quantitative estimate of drug-likeness (QED) is 0.0801. The van der Waals surface area contributed by atoms with Gasteiger partial charge < -0.3 is 0 Å². The Morgan fingerprint density at radius 2 is 1.00 bits per heavy atom. The van der Waals surface area contributed by atoms with E-state index in [0.29, 0.717) is 5.92 Å². The summed E-state index contributed by atoms with van der Waals surface area (Å²) >= 11 is 0. The number of aromatic amines is 1. The monoisotopic (exact) mass is 552 g/mol. The molecule has 0 unspecified atom stereocenters. The van der Waals surface area contributed by atoms with Crippen LogP contribution in [-0.4, -0.2) is 4.98 Å². The van der Waals surface area contributed by atoms with Gasteiger partial charge in [-0.25, -0.2) is 9.55 Å². The molecule has 40 heavy (non-hydrogen) atoms. The Balaban J connectivity index is 1.60. The second kappa shape index (κ2) is 25.2. The van der Waals surface area contributed by atoms with Gasteiger partial charge in [0.05, 0.1) is 12.5 Å². The number of aromatic nitrogens is 2. The largest absolute Gasteiger partial charge is 0.257 e. The van der Waals surface area contributed by atoms with E-state index in [9.17, 15) is 0 Å². The van der Waals surface area contributed by atoms with Gasteiger partial charge in [0.1, 0.15) is 12.4 Å². The van der Waals surface area contributed by atoms with Gasteiger partial charge in [0.25, 0.3) is 5.82 Å². The van der Waals surface area contributed by atoms with Crippen molar-refractivity contribution < 1.29 is 4.57 Å². The second-order valence-electron chi connectivity index (χ2n) is 12.6. The van der Waals surface area contributed by atoms with Crippen LogP contribution in [0.1, 0.15) is 185 Å². The zero-order valence-electron chi connectivity index (χ0n) is 27.0. The molecule has 2 aromatic rings. The molecule has 0 saturated heterocycles. The molecule has 0 aliphatic heterocycles. The number of H-pyrrole nitrogens is 1. The zero-order chi connectivity index (χ0) is 28.4. The summed E-state index contributed by atoms with van der Waals surface area (Å²) in [5.74, 6) is 2.18. The van der Waals surface area contributed by atoms with Crippen LogP contribution in [0.3, 0.4) is 0 Å². The highest BCUT2D eigenvalue weighted by Gasteiger charge is 2.22. The number of benzene rings is 1. The maximum absolute atomic E-state index is 3.67. The summed E-state index contributed by atoms with van der Waals surface area (Å²) in [6, 6.07) is 11.0. The Labute approximate surface area is 250 Å². The van der Waals surface area contributed by atoms with Gasteiger partial charge in [-0.1, -0.05) is 179 Å². The van der Waals surface area contributed by atoms with Crippen LogP contribution in [0.5, 0.6) is 0 Å². The van der Waals surface area contributed by atoms with Crippen molar-refractivity contribution in [1.29, 1.82) is 0 Å². The highest BCUT2D eigenvalue weighted by Crippen LogP contribution is 2.26. The van der Waals surface area contributed by atoms with Crippen LogP contribution in [0, 0.1) is 0 Å². The average molecular weight is 552 g/mol. The van der Waals surface area contributed by atoms with Gasteiger partial charge in [-0.3, -0.25) is 0 Å². The lowest BCUT2D eigenvalue weighted by Crippen LogP contribution is -2.37. The molecule has 228 valence electrons. The molecule has 2 nitrogen and oxygen atoms in total. The fourth-order valence-electron chi connectivity index (χ4n) is 6.37. The standard InChI is InChI=1S/C38H66N2/c1-3-5-7-9-10-11-12-13-14-15-16-17-18-19-21-26-32-37(31-25-20-8-6-4-2)38-39-33-35-40(38)34-27-30-36-28-23-22-24-29-36/h22-24,28-29,33,35,37H,3-21,25-27,30-32,34H2,1-2H3/p+1/t37-/m0/s1. The molecule has 0 fully saturated rings. The van der Waals surface area contributed by atoms with Crippen molar-refractivity contribution in [1.82, 2.24) is 4.98 Å². The van der Waals surface area contributed by atoms with Gasteiger partial charge in [0, 0.05) is 0 Å². The third-order valence-electron chi connectivity index (χ3n) is 8.95. The lowest BCUT2D eigenvalue weighted by molar-refractivity contribution is -0.704. The molecule has 0 saturated carbocycles. The Hall–Kier alpha value is -1.57. The van der Waals surface area contributed by atoms with E-state index in [1.807, 2.05) is 0 Å². The molecule has 0 amide bonds. The van der Waals surface area contributed by atoms with Crippen molar-refractivity contribution in [2.24, 2.45) is 0 Å². The summed E-state index contributed by atoms with van der Waals surface area (Å²) in [5, 5.41) is 0. The van der Waals surface area contributed by atoms with E-state index >= 15 is 0 Å². The van der Waals surface area contributed by atoms with Crippen molar-refractivity contribution in [2.75, 3.05) is 0 Å². The van der Waals surface area contributed by atoms with Gasteiger partial charge >= 0.3 is 0 Å². The normalized spacial score (nSPS) is 12.2. The Bertz CT molecular complexity index is 780. The van der Waals surface area contributed by atoms with Crippen LogP contribution in [-0.2, 0) is 13.0 Å². The summed E-state index contributed by atoms with van der Waals surface area (Å²) in [4.78, 5) is 3.67. The molecule has 0 bridgehead atoms. The van der Waals surface area contributed by atoms with Crippen molar-refractivity contribution in [2.45, 2.75) is 187 Å². The minimum absolute atomic E-state index is 0.694. The van der Waals surface area contributed by atoms with Gasteiger partial charge in [0.15, 0.2) is 0 Å². The summed E-state index contributed by atoms with van der Waals surface area (Å²) in [5.41, 5.74) is 1.46. The van der Waals surface area contributed by atoms with E-state index in [2.05, 4.69) is 66.1 Å². The van der Waals surface area contributed by atoms with Crippen molar-refractivity contribution in [3.8, 4) is 0 Å². The first-order valence-electron chi connectivity index (χ1n) is 18.0. The molecular formula is C38H67N2+. The molecule has 1 aromatic carbocycles. The molecule has 0 aliphatic carbocycles. The van der Waals surface area contributed by atoms with Crippen LogP contribution in [0.15, 0.2) is 42.7 Å². The first kappa shape index (κ1) is 34.6. The third-order valence-corrected chi connectivity index (χ3v) is 8.95. The molecule has 1 atom stereocenters. The Morgan fingerprint density at radius 1 is 0.550 bits per heavy atom. The minimum atomic E-state index is 0.694. The van der Waals surface area contributed by atoms with E-state index in [4.69, 9.17) is 0 Å². The fraction of sp³-hybridized carbons (Fsp3) is 0.763. The van der Waals surface area contributed by atoms with E-state index < -0.39 is 0 Å². The van der Waals surface area contributed by atoms with Crippen molar-refractivity contribution in [3.05, 3.63) is 54.1 Å². The van der Waals surface area contributed by atoms with E-state index in [1.54, 1.807) is 0 Å². The predicted octanol–water partition coefficient (Wildman–Crippen LogP) is 12.0. The topological polar surface area (TPSA) is 19.7 Å². The molecule has 1 aromatic heterocycles. The number of rotatable bonds is 28. The third kappa shape index (κ3) is 17.3. The van der Waals surface area contributed by atoms with E-state index in [1.165, 1.54) is 172 Å². The number of hydrogen-bond acceptors (Lipinski definition) is 0. The van der Waals surface area contributed by atoms with Crippen molar-refractivity contribution in [3.63, 3.8) is 0 Å². The lowest BCUT2D eigenvalue weighted by Gasteiger charge is -2.14. The summed E-state index contributed by atoms with van der Waals surface area (Å²) in [6.45, 7) is 5.75. The number of aryl methyl sites for hydroxylation is 2. The first-order valence-corrected chi connectivity index (χ1v) is 18.0. The van der Waals surface area contributed by atoms with Gasteiger partial charge in [-0.2, -0.15) is 0 Å². The minimum Gasteiger partial charge on any atom is -0.247 e. The van der Waals surface area contributed by atoms with Crippen LogP contribution in [0.25, 0.3) is 0 Å². The molecule has 0 aliphatic rings. The molecule has 0 radical (unpaired) electrons. The van der Waals surface area contributed by atoms with Crippen LogP contribution < -0.4 is 4.57 Å². The maximum Gasteiger partial charge on any atom is 0.257 e. The summed E-state index contributed by atoms with van der Waals surface area (Å²) in [6.07, 6.45) is 39.6. The smallest absolute Gasteiger partial charge is 0.247 e. The predicted molar refractivity (Wildman–Crippen MR) is 176 cm³/mol.